The number of carbonyl (C=O) groups excluding carboxylic acids is 3. The van der Waals surface area contributed by atoms with Crippen LogP contribution in [0.2, 0.25) is 0 Å². The van der Waals surface area contributed by atoms with E-state index < -0.39 is 5.97 Å². The molecule has 0 aliphatic carbocycles. The molecule has 0 fully saturated rings. The standard InChI is InChI=1S/C24H29N5O5S2/c1-13-8-10-16(11-9-13)34-15(3)20-26-27-24(29(20)6)35-12-17(30)25-21-18(23(32)33-7)14(2)19(36-21)22(31)28(4)5/h8-11,15H,12H2,1-7H3,(H,25,30). The number of benzene rings is 1. The molecule has 0 radical (unpaired) electrons. The Morgan fingerprint density at radius 3 is 2.44 bits per heavy atom. The highest BCUT2D eigenvalue weighted by atomic mass is 32.2. The number of nitrogens with zero attached hydrogens (tertiary/aromatic N) is 4. The van der Waals surface area contributed by atoms with Crippen molar-refractivity contribution < 1.29 is 23.9 Å². The highest BCUT2D eigenvalue weighted by Crippen LogP contribution is 2.34. The number of carbonyl (C=O) groups is 3. The Bertz CT molecular complexity index is 1270. The van der Waals surface area contributed by atoms with E-state index in [1.807, 2.05) is 45.2 Å². The molecule has 0 aliphatic heterocycles. The SMILES string of the molecule is COC(=O)c1c(NC(=O)CSc2nnc(C(C)Oc3ccc(C)cc3)n2C)sc(C(=O)N(C)C)c1C. The van der Waals surface area contributed by atoms with Gasteiger partial charge < -0.3 is 24.3 Å². The number of methoxy groups -OCH3 is 1. The van der Waals surface area contributed by atoms with Gasteiger partial charge in [-0.05, 0) is 38.5 Å². The van der Waals surface area contributed by atoms with Crippen LogP contribution < -0.4 is 10.1 Å². The van der Waals surface area contributed by atoms with Gasteiger partial charge in [-0.15, -0.1) is 21.5 Å². The van der Waals surface area contributed by atoms with Crippen molar-refractivity contribution in [2.75, 3.05) is 32.3 Å². The third-order valence-corrected chi connectivity index (χ3v) is 7.50. The molecule has 2 aromatic heterocycles. The normalized spacial score (nSPS) is 11.6. The molecule has 192 valence electrons. The lowest BCUT2D eigenvalue weighted by Crippen LogP contribution is -2.21. The van der Waals surface area contributed by atoms with Crippen molar-refractivity contribution in [2.45, 2.75) is 32.0 Å². The Morgan fingerprint density at radius 2 is 1.83 bits per heavy atom. The number of hydrogen-bond donors (Lipinski definition) is 1. The number of hydrogen-bond acceptors (Lipinski definition) is 9. The number of aryl methyl sites for hydroxylation is 1. The van der Waals surface area contributed by atoms with Crippen LogP contribution in [0.4, 0.5) is 5.00 Å². The minimum atomic E-state index is -0.620. The van der Waals surface area contributed by atoms with Crippen LogP contribution in [0.25, 0.3) is 0 Å². The lowest BCUT2D eigenvalue weighted by Gasteiger charge is -2.14. The molecule has 0 bridgehead atoms. The van der Waals surface area contributed by atoms with Gasteiger partial charge in [0.1, 0.15) is 10.8 Å². The molecule has 1 N–H and O–H groups in total. The van der Waals surface area contributed by atoms with Crippen LogP contribution >= 0.6 is 23.1 Å². The Morgan fingerprint density at radius 1 is 1.17 bits per heavy atom. The Labute approximate surface area is 218 Å². The number of thiophene rings is 1. The van der Waals surface area contributed by atoms with Gasteiger partial charge >= 0.3 is 5.97 Å². The average molecular weight is 532 g/mol. The number of esters is 1. The predicted octanol–water partition coefficient (Wildman–Crippen LogP) is 3.85. The highest BCUT2D eigenvalue weighted by molar-refractivity contribution is 7.99. The molecule has 12 heteroatoms. The first-order valence-electron chi connectivity index (χ1n) is 11.0. The summed E-state index contributed by atoms with van der Waals surface area (Å²) in [6.45, 7) is 5.55. The van der Waals surface area contributed by atoms with Crippen LogP contribution in [-0.4, -0.2) is 64.4 Å². The summed E-state index contributed by atoms with van der Waals surface area (Å²) in [6, 6.07) is 7.74. The van der Waals surface area contributed by atoms with E-state index in [2.05, 4.69) is 15.5 Å². The van der Waals surface area contributed by atoms with E-state index in [4.69, 9.17) is 9.47 Å². The number of aromatic nitrogens is 3. The van der Waals surface area contributed by atoms with Gasteiger partial charge in [0.2, 0.25) is 5.91 Å². The summed E-state index contributed by atoms with van der Waals surface area (Å²) in [5, 5.41) is 12.0. The number of ether oxygens (including phenoxy) is 2. The number of rotatable bonds is 9. The van der Waals surface area contributed by atoms with Gasteiger partial charge in [0.05, 0.1) is 23.3 Å². The van der Waals surface area contributed by atoms with Gasteiger partial charge in [-0.25, -0.2) is 4.79 Å². The maximum atomic E-state index is 12.7. The van der Waals surface area contributed by atoms with E-state index in [1.165, 1.54) is 23.8 Å². The second-order valence-electron chi connectivity index (χ2n) is 8.26. The summed E-state index contributed by atoms with van der Waals surface area (Å²) < 4.78 is 12.6. The molecule has 1 unspecified atom stereocenters. The molecule has 3 aromatic rings. The van der Waals surface area contributed by atoms with Gasteiger partial charge in [-0.1, -0.05) is 29.5 Å². The fraction of sp³-hybridized carbons (Fsp3) is 0.375. The lowest BCUT2D eigenvalue weighted by atomic mass is 10.1. The van der Waals surface area contributed by atoms with Crippen molar-refractivity contribution in [1.82, 2.24) is 19.7 Å². The van der Waals surface area contributed by atoms with E-state index in [9.17, 15) is 14.4 Å². The lowest BCUT2D eigenvalue weighted by molar-refractivity contribution is -0.113. The molecular formula is C24H29N5O5S2. The minimum absolute atomic E-state index is 0.0215. The molecular weight excluding hydrogens is 502 g/mol. The maximum absolute atomic E-state index is 12.7. The molecule has 0 spiro atoms. The number of nitrogens with one attached hydrogen (secondary N) is 1. The van der Waals surface area contributed by atoms with E-state index in [0.29, 0.717) is 21.4 Å². The molecule has 1 atom stereocenters. The summed E-state index contributed by atoms with van der Waals surface area (Å²) in [5.74, 6) is 0.129. The molecule has 0 saturated heterocycles. The molecule has 1 aromatic carbocycles. The summed E-state index contributed by atoms with van der Waals surface area (Å²) in [4.78, 5) is 39.4. The highest BCUT2D eigenvalue weighted by Gasteiger charge is 2.27. The zero-order chi connectivity index (χ0) is 26.6. The topological polar surface area (TPSA) is 116 Å². The fourth-order valence-electron chi connectivity index (χ4n) is 3.33. The number of thioether (sulfide) groups is 1. The quantitative estimate of drug-likeness (QED) is 0.327. The van der Waals surface area contributed by atoms with Crippen LogP contribution in [0, 0.1) is 13.8 Å². The first kappa shape index (κ1) is 27.2. The fourth-order valence-corrected chi connectivity index (χ4v) is 5.28. The minimum Gasteiger partial charge on any atom is -0.483 e. The summed E-state index contributed by atoms with van der Waals surface area (Å²) in [5.41, 5.74) is 1.78. The van der Waals surface area contributed by atoms with Crippen molar-refractivity contribution in [1.29, 1.82) is 0 Å². The van der Waals surface area contributed by atoms with Crippen LogP contribution in [0.15, 0.2) is 29.4 Å². The Balaban J connectivity index is 1.69. The van der Waals surface area contributed by atoms with Gasteiger partial charge in [0, 0.05) is 21.1 Å². The van der Waals surface area contributed by atoms with Crippen LogP contribution in [-0.2, 0) is 16.6 Å². The monoisotopic (exact) mass is 531 g/mol. The first-order chi connectivity index (χ1) is 17.0. The van der Waals surface area contributed by atoms with Crippen LogP contribution in [0.3, 0.4) is 0 Å². The molecule has 2 amide bonds. The van der Waals surface area contributed by atoms with Crippen molar-refractivity contribution in [3.63, 3.8) is 0 Å². The second-order valence-corrected chi connectivity index (χ2v) is 10.2. The van der Waals surface area contributed by atoms with Gasteiger partial charge in [-0.2, -0.15) is 0 Å². The van der Waals surface area contributed by atoms with Crippen molar-refractivity contribution in [3.05, 3.63) is 51.7 Å². The van der Waals surface area contributed by atoms with E-state index in [0.717, 1.165) is 22.6 Å². The first-order valence-corrected chi connectivity index (χ1v) is 12.8. The maximum Gasteiger partial charge on any atom is 0.341 e. The molecule has 0 aliphatic rings. The van der Waals surface area contributed by atoms with Crippen LogP contribution in [0.1, 0.15) is 50.0 Å². The third kappa shape index (κ3) is 6.05. The molecule has 2 heterocycles. The third-order valence-electron chi connectivity index (χ3n) is 5.29. The molecule has 10 nitrogen and oxygen atoms in total. The largest absolute Gasteiger partial charge is 0.483 e. The Hall–Kier alpha value is -3.38. The predicted molar refractivity (Wildman–Crippen MR) is 139 cm³/mol. The Kier molecular flexibility index (Phi) is 8.75. The molecule has 3 rings (SSSR count). The van der Waals surface area contributed by atoms with E-state index in [1.54, 1.807) is 25.6 Å². The average Bonchev–Trinajstić information content (AvgIpc) is 3.37. The summed E-state index contributed by atoms with van der Waals surface area (Å²) in [7, 11) is 6.30. The summed E-state index contributed by atoms with van der Waals surface area (Å²) >= 11 is 2.24. The number of anilines is 1. The molecule has 36 heavy (non-hydrogen) atoms. The zero-order valence-corrected chi connectivity index (χ0v) is 22.9. The molecule has 0 saturated carbocycles. The van der Waals surface area contributed by atoms with Crippen molar-refractivity contribution in [2.24, 2.45) is 7.05 Å². The summed E-state index contributed by atoms with van der Waals surface area (Å²) in [6.07, 6.45) is -0.349. The van der Waals surface area contributed by atoms with Crippen molar-refractivity contribution in [3.8, 4) is 5.75 Å². The second kappa shape index (κ2) is 11.6. The van der Waals surface area contributed by atoms with Crippen LogP contribution in [0.5, 0.6) is 5.75 Å². The van der Waals surface area contributed by atoms with Gasteiger partial charge in [0.25, 0.3) is 5.91 Å². The number of amides is 2. The van der Waals surface area contributed by atoms with Gasteiger partial charge in [0.15, 0.2) is 17.1 Å². The van der Waals surface area contributed by atoms with E-state index in [-0.39, 0.29) is 34.2 Å². The smallest absolute Gasteiger partial charge is 0.341 e. The zero-order valence-electron chi connectivity index (χ0n) is 21.2. The van der Waals surface area contributed by atoms with E-state index >= 15 is 0 Å². The van der Waals surface area contributed by atoms with Crippen molar-refractivity contribution >= 4 is 45.9 Å². The van der Waals surface area contributed by atoms with Gasteiger partial charge in [-0.3, -0.25) is 9.59 Å².